The molecule has 0 aliphatic heterocycles. The lowest BCUT2D eigenvalue weighted by molar-refractivity contribution is 0.125. The molecule has 0 spiro atoms. The molecule has 2 aromatic rings. The summed E-state index contributed by atoms with van der Waals surface area (Å²) < 4.78 is 17.3. The minimum absolute atomic E-state index is 0.0696. The van der Waals surface area contributed by atoms with Crippen LogP contribution in [0, 0.1) is 0 Å². The minimum atomic E-state index is -1.34. The van der Waals surface area contributed by atoms with E-state index in [4.69, 9.17) is 16.3 Å². The maximum atomic E-state index is 11.9. The number of benzene rings is 1. The van der Waals surface area contributed by atoms with Crippen LogP contribution in [0.4, 0.5) is 0 Å². The summed E-state index contributed by atoms with van der Waals surface area (Å²) in [5, 5.41) is 10.9. The zero-order valence-corrected chi connectivity index (χ0v) is 12.2. The summed E-state index contributed by atoms with van der Waals surface area (Å²) in [7, 11) is -1.34. The van der Waals surface area contributed by atoms with E-state index in [1.54, 1.807) is 48.7 Å². The lowest BCUT2D eigenvalue weighted by atomic mass is 10.3. The molecular formula is C14H14ClNO3S. The zero-order chi connectivity index (χ0) is 14.4. The van der Waals surface area contributed by atoms with Gasteiger partial charge in [-0.2, -0.15) is 0 Å². The van der Waals surface area contributed by atoms with Gasteiger partial charge in [-0.15, -0.1) is 0 Å². The van der Waals surface area contributed by atoms with Gasteiger partial charge in [0, 0.05) is 11.2 Å². The van der Waals surface area contributed by atoms with E-state index < -0.39 is 16.9 Å². The van der Waals surface area contributed by atoms with Crippen LogP contribution in [0.15, 0.2) is 53.7 Å². The van der Waals surface area contributed by atoms with Crippen molar-refractivity contribution in [3.8, 4) is 5.75 Å². The van der Waals surface area contributed by atoms with Gasteiger partial charge in [-0.05, 0) is 36.4 Å². The SMILES string of the molecule is O=[S@@](C[C@H](O)COc1ccc(Cl)cc1)c1ccccn1. The summed E-state index contributed by atoms with van der Waals surface area (Å²) >= 11 is 5.76. The molecule has 0 radical (unpaired) electrons. The molecule has 4 nitrogen and oxygen atoms in total. The Balaban J connectivity index is 1.82. The largest absolute Gasteiger partial charge is 0.491 e. The summed E-state index contributed by atoms with van der Waals surface area (Å²) in [4.78, 5) is 3.99. The second-order valence-corrected chi connectivity index (χ2v) is 5.98. The third-order valence-electron chi connectivity index (χ3n) is 2.47. The fourth-order valence-electron chi connectivity index (χ4n) is 1.51. The molecule has 106 valence electrons. The zero-order valence-electron chi connectivity index (χ0n) is 10.6. The Morgan fingerprint density at radius 1 is 1.25 bits per heavy atom. The van der Waals surface area contributed by atoms with E-state index in [-0.39, 0.29) is 12.4 Å². The number of aliphatic hydroxyl groups is 1. The average molecular weight is 312 g/mol. The van der Waals surface area contributed by atoms with Crippen LogP contribution in [0.2, 0.25) is 5.02 Å². The number of rotatable bonds is 6. The van der Waals surface area contributed by atoms with Crippen LogP contribution >= 0.6 is 11.6 Å². The van der Waals surface area contributed by atoms with Crippen LogP contribution in [0.1, 0.15) is 0 Å². The lowest BCUT2D eigenvalue weighted by Gasteiger charge is -2.12. The highest BCUT2D eigenvalue weighted by Crippen LogP contribution is 2.15. The first-order chi connectivity index (χ1) is 9.65. The summed E-state index contributed by atoms with van der Waals surface area (Å²) in [6.07, 6.45) is 0.748. The molecule has 0 aliphatic carbocycles. The van der Waals surface area contributed by atoms with Gasteiger partial charge >= 0.3 is 0 Å². The molecule has 2 rings (SSSR count). The Kier molecular flexibility index (Phi) is 5.52. The van der Waals surface area contributed by atoms with Gasteiger partial charge in [-0.1, -0.05) is 17.7 Å². The van der Waals surface area contributed by atoms with Crippen molar-refractivity contribution in [2.75, 3.05) is 12.4 Å². The van der Waals surface area contributed by atoms with Gasteiger partial charge in [-0.3, -0.25) is 4.21 Å². The third-order valence-corrected chi connectivity index (χ3v) is 4.12. The molecular weight excluding hydrogens is 298 g/mol. The van der Waals surface area contributed by atoms with E-state index in [1.165, 1.54) is 0 Å². The summed E-state index contributed by atoms with van der Waals surface area (Å²) in [5.74, 6) is 0.696. The van der Waals surface area contributed by atoms with E-state index in [0.29, 0.717) is 15.8 Å². The summed E-state index contributed by atoms with van der Waals surface area (Å²) in [6, 6.07) is 12.0. The van der Waals surface area contributed by atoms with Crippen molar-refractivity contribution in [1.82, 2.24) is 4.98 Å². The number of halogens is 1. The van der Waals surface area contributed by atoms with Crippen molar-refractivity contribution in [3.05, 3.63) is 53.7 Å². The number of nitrogens with zero attached hydrogens (tertiary/aromatic N) is 1. The minimum Gasteiger partial charge on any atom is -0.491 e. The average Bonchev–Trinajstić information content (AvgIpc) is 2.47. The van der Waals surface area contributed by atoms with E-state index in [1.807, 2.05) is 0 Å². The molecule has 0 aliphatic rings. The van der Waals surface area contributed by atoms with Crippen molar-refractivity contribution in [2.24, 2.45) is 0 Å². The highest BCUT2D eigenvalue weighted by molar-refractivity contribution is 7.85. The van der Waals surface area contributed by atoms with Crippen LogP contribution in [-0.2, 0) is 10.8 Å². The second-order valence-electron chi connectivity index (χ2n) is 4.10. The van der Waals surface area contributed by atoms with Gasteiger partial charge in [0.1, 0.15) is 17.4 Å². The summed E-state index contributed by atoms with van der Waals surface area (Å²) in [6.45, 7) is 0.0696. The first-order valence-electron chi connectivity index (χ1n) is 6.01. The summed E-state index contributed by atoms with van der Waals surface area (Å²) in [5.41, 5.74) is 0. The maximum absolute atomic E-state index is 11.9. The Labute approximate surface area is 124 Å². The van der Waals surface area contributed by atoms with Gasteiger partial charge in [0.05, 0.1) is 22.7 Å². The van der Waals surface area contributed by atoms with Crippen LogP contribution in [0.25, 0.3) is 0 Å². The van der Waals surface area contributed by atoms with Crippen molar-refractivity contribution < 1.29 is 14.1 Å². The Morgan fingerprint density at radius 2 is 2.00 bits per heavy atom. The molecule has 20 heavy (non-hydrogen) atoms. The van der Waals surface area contributed by atoms with Crippen molar-refractivity contribution >= 4 is 22.4 Å². The molecule has 1 aromatic heterocycles. The predicted octanol–water partition coefficient (Wildman–Crippen LogP) is 2.28. The van der Waals surface area contributed by atoms with E-state index in [9.17, 15) is 9.32 Å². The Morgan fingerprint density at radius 3 is 2.65 bits per heavy atom. The van der Waals surface area contributed by atoms with Gasteiger partial charge < -0.3 is 9.84 Å². The van der Waals surface area contributed by atoms with Gasteiger partial charge in [0.15, 0.2) is 0 Å². The number of ether oxygens (including phenoxy) is 1. The molecule has 1 heterocycles. The topological polar surface area (TPSA) is 59.4 Å². The van der Waals surface area contributed by atoms with Crippen LogP contribution < -0.4 is 4.74 Å². The van der Waals surface area contributed by atoms with E-state index in [2.05, 4.69) is 4.98 Å². The number of aliphatic hydroxyl groups excluding tert-OH is 1. The monoisotopic (exact) mass is 311 g/mol. The highest BCUT2D eigenvalue weighted by atomic mass is 35.5. The first kappa shape index (κ1) is 15.0. The number of aromatic nitrogens is 1. The second kappa shape index (κ2) is 7.38. The molecule has 0 amide bonds. The van der Waals surface area contributed by atoms with E-state index in [0.717, 1.165) is 0 Å². The molecule has 0 bridgehead atoms. The lowest BCUT2D eigenvalue weighted by Crippen LogP contribution is -2.24. The number of hydrogen-bond acceptors (Lipinski definition) is 4. The third kappa shape index (κ3) is 4.59. The van der Waals surface area contributed by atoms with Crippen LogP contribution in [-0.4, -0.2) is 32.8 Å². The quantitative estimate of drug-likeness (QED) is 0.889. The van der Waals surface area contributed by atoms with Crippen molar-refractivity contribution in [3.63, 3.8) is 0 Å². The molecule has 0 unspecified atom stereocenters. The molecule has 1 aromatic carbocycles. The van der Waals surface area contributed by atoms with Crippen LogP contribution in [0.3, 0.4) is 0 Å². The fourth-order valence-corrected chi connectivity index (χ4v) is 2.66. The van der Waals surface area contributed by atoms with Crippen molar-refractivity contribution in [2.45, 2.75) is 11.1 Å². The van der Waals surface area contributed by atoms with Gasteiger partial charge in [0.2, 0.25) is 0 Å². The highest BCUT2D eigenvalue weighted by Gasteiger charge is 2.13. The Hall–Kier alpha value is -1.43. The van der Waals surface area contributed by atoms with E-state index >= 15 is 0 Å². The van der Waals surface area contributed by atoms with Crippen LogP contribution in [0.5, 0.6) is 5.75 Å². The normalized spacial score (nSPS) is 13.7. The molecule has 2 atom stereocenters. The molecule has 0 saturated heterocycles. The first-order valence-corrected chi connectivity index (χ1v) is 7.70. The molecule has 0 fully saturated rings. The predicted molar refractivity (Wildman–Crippen MR) is 78.5 cm³/mol. The molecule has 6 heteroatoms. The standard InChI is InChI=1S/C14H14ClNO3S/c15-11-4-6-13(7-5-11)19-9-12(17)10-20(18)14-3-1-2-8-16-14/h1-8,12,17H,9-10H2/t12-,20+/m1/s1. The van der Waals surface area contributed by atoms with Gasteiger partial charge in [-0.25, -0.2) is 4.98 Å². The smallest absolute Gasteiger partial charge is 0.127 e. The molecule has 1 N–H and O–H groups in total. The Bertz CT molecular complexity index is 562. The number of hydrogen-bond donors (Lipinski definition) is 1. The fraction of sp³-hybridized carbons (Fsp3) is 0.214. The maximum Gasteiger partial charge on any atom is 0.127 e. The molecule has 0 saturated carbocycles. The van der Waals surface area contributed by atoms with Gasteiger partial charge in [0.25, 0.3) is 0 Å². The number of pyridine rings is 1. The van der Waals surface area contributed by atoms with Crippen molar-refractivity contribution in [1.29, 1.82) is 0 Å².